The molecule has 2 nitrogen and oxygen atoms in total. The van der Waals surface area contributed by atoms with E-state index in [0.717, 1.165) is 18.8 Å². The lowest BCUT2D eigenvalue weighted by Gasteiger charge is -2.12. The smallest absolute Gasteiger partial charge is 0.305 e. The molecule has 1 unspecified atom stereocenters. The van der Waals surface area contributed by atoms with E-state index in [-0.39, 0.29) is 5.97 Å². The number of rotatable bonds is 12. The van der Waals surface area contributed by atoms with E-state index >= 15 is 0 Å². The molecule has 0 saturated carbocycles. The molecule has 0 rings (SSSR count). The van der Waals surface area contributed by atoms with Crippen molar-refractivity contribution in [1.29, 1.82) is 0 Å². The molecule has 0 heterocycles. The molecule has 0 aromatic heterocycles. The van der Waals surface area contributed by atoms with E-state index in [9.17, 15) is 4.79 Å². The zero-order chi connectivity index (χ0) is 14.5. The van der Waals surface area contributed by atoms with Crippen molar-refractivity contribution in [2.45, 2.75) is 85.5 Å². The van der Waals surface area contributed by atoms with Gasteiger partial charge in [0.05, 0.1) is 6.61 Å². The van der Waals surface area contributed by atoms with E-state index in [1.807, 2.05) is 0 Å². The van der Waals surface area contributed by atoms with Crippen LogP contribution < -0.4 is 0 Å². The van der Waals surface area contributed by atoms with Gasteiger partial charge in [-0.3, -0.25) is 4.79 Å². The van der Waals surface area contributed by atoms with E-state index < -0.39 is 0 Å². The fraction of sp³-hybridized carbons (Fsp3) is 0.941. The van der Waals surface area contributed by atoms with Gasteiger partial charge in [-0.1, -0.05) is 66.2 Å². The van der Waals surface area contributed by atoms with Crippen molar-refractivity contribution in [3.8, 4) is 0 Å². The summed E-state index contributed by atoms with van der Waals surface area (Å²) in [5, 5.41) is 0. The Balaban J connectivity index is 3.40. The fourth-order valence-corrected chi connectivity index (χ4v) is 2.14. The molecule has 19 heavy (non-hydrogen) atoms. The molecule has 0 amide bonds. The van der Waals surface area contributed by atoms with Gasteiger partial charge in [-0.25, -0.2) is 0 Å². The highest BCUT2D eigenvalue weighted by Gasteiger charge is 2.07. The van der Waals surface area contributed by atoms with Crippen molar-refractivity contribution in [2.75, 3.05) is 6.61 Å². The predicted octanol–water partition coefficient (Wildman–Crippen LogP) is 5.35. The zero-order valence-electron chi connectivity index (χ0n) is 13.5. The molecular weight excluding hydrogens is 236 g/mol. The van der Waals surface area contributed by atoms with E-state index in [1.54, 1.807) is 0 Å². The average molecular weight is 270 g/mol. The molecule has 0 fully saturated rings. The predicted molar refractivity (Wildman–Crippen MR) is 82.2 cm³/mol. The Bertz CT molecular complexity index is 211. The molecule has 0 saturated heterocycles. The standard InChI is InChI=1S/C17H34O2/c1-5-6-7-8-9-13-17(18)19-14-16(4)12-10-11-15(2)3/h15-16H,5-14H2,1-4H3. The van der Waals surface area contributed by atoms with Gasteiger partial charge in [-0.2, -0.15) is 0 Å². The Labute approximate surface area is 120 Å². The van der Waals surface area contributed by atoms with Crippen molar-refractivity contribution in [2.24, 2.45) is 11.8 Å². The van der Waals surface area contributed by atoms with Crippen molar-refractivity contribution < 1.29 is 9.53 Å². The number of carbonyl (C=O) groups excluding carboxylic acids is 1. The first-order valence-electron chi connectivity index (χ1n) is 8.21. The van der Waals surface area contributed by atoms with E-state index in [1.165, 1.54) is 38.5 Å². The van der Waals surface area contributed by atoms with Gasteiger partial charge in [-0.15, -0.1) is 0 Å². The van der Waals surface area contributed by atoms with E-state index in [2.05, 4.69) is 27.7 Å². The van der Waals surface area contributed by atoms with Gasteiger partial charge in [0.25, 0.3) is 0 Å². The first-order valence-corrected chi connectivity index (χ1v) is 8.21. The topological polar surface area (TPSA) is 26.3 Å². The van der Waals surface area contributed by atoms with Crippen LogP contribution in [0.2, 0.25) is 0 Å². The summed E-state index contributed by atoms with van der Waals surface area (Å²) in [6.45, 7) is 9.49. The summed E-state index contributed by atoms with van der Waals surface area (Å²) in [5.74, 6) is 1.27. The lowest BCUT2D eigenvalue weighted by Crippen LogP contribution is -2.12. The van der Waals surface area contributed by atoms with Crippen LogP contribution in [0.1, 0.15) is 85.5 Å². The molecule has 0 radical (unpaired) electrons. The Morgan fingerprint density at radius 2 is 1.63 bits per heavy atom. The molecule has 2 heteroatoms. The third kappa shape index (κ3) is 13.7. The van der Waals surface area contributed by atoms with Crippen LogP contribution in [0.3, 0.4) is 0 Å². The SMILES string of the molecule is CCCCCCCC(=O)OCC(C)CCCC(C)C. The van der Waals surface area contributed by atoms with E-state index in [0.29, 0.717) is 18.9 Å². The summed E-state index contributed by atoms with van der Waals surface area (Å²) >= 11 is 0. The molecule has 0 aliphatic rings. The van der Waals surface area contributed by atoms with Gasteiger partial charge in [0.2, 0.25) is 0 Å². The number of hydrogen-bond donors (Lipinski definition) is 0. The first-order chi connectivity index (χ1) is 9.06. The molecule has 0 bridgehead atoms. The summed E-state index contributed by atoms with van der Waals surface area (Å²) in [6.07, 6.45) is 10.2. The number of unbranched alkanes of at least 4 members (excludes halogenated alkanes) is 4. The Hall–Kier alpha value is -0.530. The molecule has 0 aromatic carbocycles. The van der Waals surface area contributed by atoms with Crippen LogP contribution in [0.5, 0.6) is 0 Å². The van der Waals surface area contributed by atoms with Gasteiger partial charge in [0, 0.05) is 6.42 Å². The van der Waals surface area contributed by atoms with Crippen LogP contribution in [-0.4, -0.2) is 12.6 Å². The first kappa shape index (κ1) is 18.5. The average Bonchev–Trinajstić information content (AvgIpc) is 2.35. The Morgan fingerprint density at radius 1 is 0.947 bits per heavy atom. The van der Waals surface area contributed by atoms with Crippen molar-refractivity contribution in [3.05, 3.63) is 0 Å². The number of carbonyl (C=O) groups is 1. The second kappa shape index (κ2) is 12.5. The minimum Gasteiger partial charge on any atom is -0.465 e. The molecule has 0 aliphatic heterocycles. The second-order valence-electron chi connectivity index (χ2n) is 6.28. The monoisotopic (exact) mass is 270 g/mol. The highest BCUT2D eigenvalue weighted by atomic mass is 16.5. The van der Waals surface area contributed by atoms with Crippen molar-refractivity contribution in [3.63, 3.8) is 0 Å². The third-order valence-electron chi connectivity index (χ3n) is 3.49. The summed E-state index contributed by atoms with van der Waals surface area (Å²) in [7, 11) is 0. The summed E-state index contributed by atoms with van der Waals surface area (Å²) in [6, 6.07) is 0. The van der Waals surface area contributed by atoms with Crippen LogP contribution in [0.25, 0.3) is 0 Å². The van der Waals surface area contributed by atoms with Gasteiger partial charge in [0.15, 0.2) is 0 Å². The zero-order valence-corrected chi connectivity index (χ0v) is 13.5. The van der Waals surface area contributed by atoms with Crippen LogP contribution in [0, 0.1) is 11.8 Å². The summed E-state index contributed by atoms with van der Waals surface area (Å²) in [4.78, 5) is 11.5. The van der Waals surface area contributed by atoms with Crippen molar-refractivity contribution >= 4 is 5.97 Å². The summed E-state index contributed by atoms with van der Waals surface area (Å²) < 4.78 is 5.33. The van der Waals surface area contributed by atoms with Crippen LogP contribution >= 0.6 is 0 Å². The Kier molecular flexibility index (Phi) is 12.2. The van der Waals surface area contributed by atoms with Crippen LogP contribution in [-0.2, 0) is 9.53 Å². The molecule has 0 spiro atoms. The largest absolute Gasteiger partial charge is 0.465 e. The molecular formula is C17H34O2. The minimum absolute atomic E-state index is 0.00721. The molecule has 0 aliphatic carbocycles. The van der Waals surface area contributed by atoms with E-state index in [4.69, 9.17) is 4.74 Å². The van der Waals surface area contributed by atoms with Gasteiger partial charge < -0.3 is 4.74 Å². The lowest BCUT2D eigenvalue weighted by molar-refractivity contribution is -0.145. The molecule has 0 aromatic rings. The Morgan fingerprint density at radius 3 is 2.26 bits per heavy atom. The lowest BCUT2D eigenvalue weighted by atomic mass is 10.0. The number of ether oxygens (including phenoxy) is 1. The molecule has 114 valence electrons. The fourth-order valence-electron chi connectivity index (χ4n) is 2.14. The van der Waals surface area contributed by atoms with Gasteiger partial charge >= 0.3 is 5.97 Å². The maximum absolute atomic E-state index is 11.5. The maximum atomic E-state index is 11.5. The third-order valence-corrected chi connectivity index (χ3v) is 3.49. The van der Waals surface area contributed by atoms with Crippen molar-refractivity contribution in [1.82, 2.24) is 0 Å². The summed E-state index contributed by atoms with van der Waals surface area (Å²) in [5.41, 5.74) is 0. The van der Waals surface area contributed by atoms with Crippen LogP contribution in [0.4, 0.5) is 0 Å². The maximum Gasteiger partial charge on any atom is 0.305 e. The molecule has 1 atom stereocenters. The van der Waals surface area contributed by atoms with Gasteiger partial charge in [0.1, 0.15) is 0 Å². The van der Waals surface area contributed by atoms with Crippen LogP contribution in [0.15, 0.2) is 0 Å². The van der Waals surface area contributed by atoms with Gasteiger partial charge in [-0.05, 0) is 24.7 Å². The number of esters is 1. The quantitative estimate of drug-likeness (QED) is 0.353. The minimum atomic E-state index is -0.00721. The normalized spacial score (nSPS) is 12.7. The highest BCUT2D eigenvalue weighted by molar-refractivity contribution is 5.69. The molecule has 0 N–H and O–H groups in total. The number of hydrogen-bond acceptors (Lipinski definition) is 2. The highest BCUT2D eigenvalue weighted by Crippen LogP contribution is 2.13. The second-order valence-corrected chi connectivity index (χ2v) is 6.28.